The van der Waals surface area contributed by atoms with Gasteiger partial charge in [-0.3, -0.25) is 0 Å². The lowest BCUT2D eigenvalue weighted by Gasteiger charge is -2.19. The van der Waals surface area contributed by atoms with Crippen molar-refractivity contribution in [1.82, 2.24) is 5.32 Å². The smallest absolute Gasteiger partial charge is 0.0348 e. The first-order chi connectivity index (χ1) is 7.13. The maximum atomic E-state index is 3.58. The second-order valence-corrected chi connectivity index (χ2v) is 5.42. The highest BCUT2D eigenvalue weighted by Gasteiger charge is 2.32. The number of halogens is 1. The molecule has 0 aromatic heterocycles. The number of rotatable bonds is 3. The molecule has 2 heteroatoms. The van der Waals surface area contributed by atoms with Crippen molar-refractivity contribution in [3.63, 3.8) is 0 Å². The Hall–Kier alpha value is -0.340. The van der Waals surface area contributed by atoms with Gasteiger partial charge in [-0.15, -0.1) is 0 Å². The monoisotopic (exact) mass is 267 g/mol. The van der Waals surface area contributed by atoms with E-state index in [1.165, 1.54) is 34.0 Å². The summed E-state index contributed by atoms with van der Waals surface area (Å²) in [6, 6.07) is 5.10. The van der Waals surface area contributed by atoms with Crippen LogP contribution in [0, 0.1) is 19.8 Å². The Morgan fingerprint density at radius 1 is 1.27 bits per heavy atom. The van der Waals surface area contributed by atoms with E-state index in [2.05, 4.69) is 54.3 Å². The van der Waals surface area contributed by atoms with E-state index in [0.717, 1.165) is 5.92 Å². The Labute approximate surface area is 100 Å². The van der Waals surface area contributed by atoms with Gasteiger partial charge in [-0.1, -0.05) is 22.0 Å². The van der Waals surface area contributed by atoms with Crippen LogP contribution in [0.2, 0.25) is 0 Å². The molecule has 0 saturated heterocycles. The van der Waals surface area contributed by atoms with Crippen molar-refractivity contribution in [2.75, 3.05) is 7.05 Å². The predicted octanol–water partition coefficient (Wildman–Crippen LogP) is 3.74. The van der Waals surface area contributed by atoms with Gasteiger partial charge in [0.15, 0.2) is 0 Å². The molecule has 1 aromatic rings. The molecule has 1 fully saturated rings. The van der Waals surface area contributed by atoms with Crippen molar-refractivity contribution in [2.45, 2.75) is 32.7 Å². The Bertz CT molecular complexity index is 369. The van der Waals surface area contributed by atoms with Gasteiger partial charge in [-0.25, -0.2) is 0 Å². The summed E-state index contributed by atoms with van der Waals surface area (Å²) < 4.78 is 1.22. The third-order valence-corrected chi connectivity index (χ3v) is 4.14. The zero-order valence-electron chi connectivity index (χ0n) is 9.60. The van der Waals surface area contributed by atoms with E-state index < -0.39 is 0 Å². The highest BCUT2D eigenvalue weighted by Crippen LogP contribution is 2.42. The molecule has 1 atom stereocenters. The van der Waals surface area contributed by atoms with E-state index in [1.54, 1.807) is 0 Å². The minimum absolute atomic E-state index is 0.553. The van der Waals surface area contributed by atoms with Crippen molar-refractivity contribution in [3.05, 3.63) is 33.3 Å². The van der Waals surface area contributed by atoms with Crippen molar-refractivity contribution >= 4 is 15.9 Å². The number of hydrogen-bond donors (Lipinski definition) is 1. The lowest BCUT2D eigenvalue weighted by atomic mass is 9.96. The fourth-order valence-electron chi connectivity index (χ4n) is 2.21. The molecule has 0 spiro atoms. The molecule has 0 amide bonds. The second-order valence-electron chi connectivity index (χ2n) is 4.56. The number of nitrogens with one attached hydrogen (secondary N) is 1. The van der Waals surface area contributed by atoms with Gasteiger partial charge in [-0.05, 0) is 62.4 Å². The fourth-order valence-corrected chi connectivity index (χ4v) is 2.67. The molecule has 0 aliphatic heterocycles. The van der Waals surface area contributed by atoms with E-state index in [1.807, 2.05) is 0 Å². The molecule has 1 N–H and O–H groups in total. The van der Waals surface area contributed by atoms with Gasteiger partial charge in [0.2, 0.25) is 0 Å². The molecule has 1 saturated carbocycles. The third-order valence-electron chi connectivity index (χ3n) is 3.29. The molecule has 0 bridgehead atoms. The summed E-state index contributed by atoms with van der Waals surface area (Å²) in [5.41, 5.74) is 4.19. The molecule has 2 rings (SSSR count). The van der Waals surface area contributed by atoms with Crippen LogP contribution in [-0.4, -0.2) is 7.05 Å². The van der Waals surface area contributed by atoms with E-state index >= 15 is 0 Å². The highest BCUT2D eigenvalue weighted by atomic mass is 79.9. The summed E-state index contributed by atoms with van der Waals surface area (Å²) in [4.78, 5) is 0. The summed E-state index contributed by atoms with van der Waals surface area (Å²) in [6.07, 6.45) is 2.75. The van der Waals surface area contributed by atoms with Crippen LogP contribution in [0.3, 0.4) is 0 Å². The average molecular weight is 268 g/mol. The highest BCUT2D eigenvalue weighted by molar-refractivity contribution is 9.10. The third kappa shape index (κ3) is 2.26. The molecular weight excluding hydrogens is 250 g/mol. The topological polar surface area (TPSA) is 12.0 Å². The van der Waals surface area contributed by atoms with Crippen molar-refractivity contribution < 1.29 is 0 Å². The minimum atomic E-state index is 0.553. The number of hydrogen-bond acceptors (Lipinski definition) is 1. The van der Waals surface area contributed by atoms with Crippen molar-refractivity contribution in [1.29, 1.82) is 0 Å². The molecular formula is C13H18BrN. The van der Waals surface area contributed by atoms with Crippen LogP contribution in [0.4, 0.5) is 0 Å². The summed E-state index contributed by atoms with van der Waals surface area (Å²) >= 11 is 3.58. The molecule has 15 heavy (non-hydrogen) atoms. The standard InChI is InChI=1S/C13H18BrN/c1-8-7-12(14)9(2)6-11(8)13(15-3)10-4-5-10/h6-7,10,13,15H,4-5H2,1-3H3. The summed E-state index contributed by atoms with van der Waals surface area (Å²) in [6.45, 7) is 4.36. The molecule has 0 heterocycles. The molecule has 1 aliphatic rings. The Morgan fingerprint density at radius 3 is 2.47 bits per heavy atom. The first-order valence-corrected chi connectivity index (χ1v) is 6.36. The van der Waals surface area contributed by atoms with Gasteiger partial charge in [0, 0.05) is 10.5 Å². The molecule has 82 valence electrons. The van der Waals surface area contributed by atoms with Crippen molar-refractivity contribution in [3.8, 4) is 0 Å². The predicted molar refractivity (Wildman–Crippen MR) is 68.1 cm³/mol. The maximum Gasteiger partial charge on any atom is 0.0348 e. The molecule has 1 unspecified atom stereocenters. The molecule has 1 aliphatic carbocycles. The van der Waals surface area contributed by atoms with E-state index in [0.29, 0.717) is 6.04 Å². The molecule has 0 radical (unpaired) electrons. The summed E-state index contributed by atoms with van der Waals surface area (Å²) in [7, 11) is 2.07. The number of aryl methyl sites for hydroxylation is 2. The second kappa shape index (κ2) is 4.26. The lowest BCUT2D eigenvalue weighted by Crippen LogP contribution is -2.19. The van der Waals surface area contributed by atoms with E-state index in [9.17, 15) is 0 Å². The first kappa shape index (κ1) is 11.2. The van der Waals surface area contributed by atoms with Crippen LogP contribution in [-0.2, 0) is 0 Å². The average Bonchev–Trinajstić information content (AvgIpc) is 2.99. The van der Waals surface area contributed by atoms with Gasteiger partial charge >= 0.3 is 0 Å². The maximum absolute atomic E-state index is 3.58. The molecule has 1 aromatic carbocycles. The fraction of sp³-hybridized carbons (Fsp3) is 0.538. The van der Waals surface area contributed by atoms with Crippen LogP contribution >= 0.6 is 15.9 Å². The molecule has 1 nitrogen and oxygen atoms in total. The zero-order chi connectivity index (χ0) is 11.0. The van der Waals surface area contributed by atoms with Gasteiger partial charge in [0.25, 0.3) is 0 Å². The lowest BCUT2D eigenvalue weighted by molar-refractivity contribution is 0.526. The first-order valence-electron chi connectivity index (χ1n) is 5.57. The van der Waals surface area contributed by atoms with Gasteiger partial charge in [-0.2, -0.15) is 0 Å². The Morgan fingerprint density at radius 2 is 1.93 bits per heavy atom. The number of benzene rings is 1. The van der Waals surface area contributed by atoms with Crippen LogP contribution in [0.5, 0.6) is 0 Å². The Balaban J connectivity index is 2.37. The van der Waals surface area contributed by atoms with Crippen LogP contribution in [0.1, 0.15) is 35.6 Å². The Kier molecular flexibility index (Phi) is 3.17. The van der Waals surface area contributed by atoms with Gasteiger partial charge in [0.05, 0.1) is 0 Å². The van der Waals surface area contributed by atoms with Gasteiger partial charge in [0.1, 0.15) is 0 Å². The van der Waals surface area contributed by atoms with Gasteiger partial charge < -0.3 is 5.32 Å². The largest absolute Gasteiger partial charge is 0.313 e. The quantitative estimate of drug-likeness (QED) is 0.880. The SMILES string of the molecule is CNC(c1cc(C)c(Br)cc1C)C1CC1. The van der Waals surface area contributed by atoms with Crippen LogP contribution in [0.15, 0.2) is 16.6 Å². The zero-order valence-corrected chi connectivity index (χ0v) is 11.2. The van der Waals surface area contributed by atoms with Crippen LogP contribution in [0.25, 0.3) is 0 Å². The normalized spacial score (nSPS) is 17.9. The van der Waals surface area contributed by atoms with E-state index in [-0.39, 0.29) is 0 Å². The summed E-state index contributed by atoms with van der Waals surface area (Å²) in [5.74, 6) is 0.856. The van der Waals surface area contributed by atoms with Crippen LogP contribution < -0.4 is 5.32 Å². The van der Waals surface area contributed by atoms with Crippen molar-refractivity contribution in [2.24, 2.45) is 5.92 Å². The minimum Gasteiger partial charge on any atom is -0.313 e. The summed E-state index contributed by atoms with van der Waals surface area (Å²) in [5, 5.41) is 3.45. The van der Waals surface area contributed by atoms with E-state index in [4.69, 9.17) is 0 Å².